The molecule has 2 aromatic rings. The lowest BCUT2D eigenvalue weighted by atomic mass is 9.76. The van der Waals surface area contributed by atoms with E-state index in [1.54, 1.807) is 65.8 Å². The minimum atomic E-state index is -3.81. The van der Waals surface area contributed by atoms with Gasteiger partial charge in [0.05, 0.1) is 16.0 Å². The van der Waals surface area contributed by atoms with E-state index < -0.39 is 33.2 Å². The minimum absolute atomic E-state index is 0.110. The number of nitrogens with zero attached hydrogens (tertiary/aromatic N) is 1. The second-order valence-electron chi connectivity index (χ2n) is 12.6. The smallest absolute Gasteiger partial charge is 0.339 e. The topological polar surface area (TPSA) is 90.0 Å². The normalized spacial score (nSPS) is 18.6. The fourth-order valence-corrected chi connectivity index (χ4v) is 6.62. The van der Waals surface area contributed by atoms with Gasteiger partial charge in [0.25, 0.3) is 0 Å². The van der Waals surface area contributed by atoms with Crippen LogP contribution in [0.15, 0.2) is 70.1 Å². The molecule has 40 heavy (non-hydrogen) atoms. The molecule has 1 saturated heterocycles. The number of hydrogen-bond acceptors (Lipinski definition) is 6. The summed E-state index contributed by atoms with van der Waals surface area (Å²) in [6, 6.07) is 14.4. The highest BCUT2D eigenvalue weighted by Crippen LogP contribution is 2.46. The molecule has 0 radical (unpaired) electrons. The summed E-state index contributed by atoms with van der Waals surface area (Å²) in [5.41, 5.74) is 2.76. The summed E-state index contributed by atoms with van der Waals surface area (Å²) in [7, 11) is -3.81. The molecule has 2 aliphatic rings. The van der Waals surface area contributed by atoms with Gasteiger partial charge in [-0.3, -0.25) is 0 Å². The Bertz CT molecular complexity index is 1500. The van der Waals surface area contributed by atoms with Gasteiger partial charge in [0.1, 0.15) is 11.2 Å². The number of benzene rings is 2. The van der Waals surface area contributed by atoms with Crippen LogP contribution in [0.2, 0.25) is 0 Å². The van der Waals surface area contributed by atoms with Gasteiger partial charge in [0.2, 0.25) is 10.0 Å². The average Bonchev–Trinajstić information content (AvgIpc) is 3.26. The lowest BCUT2D eigenvalue weighted by Gasteiger charge is -2.31. The Balaban J connectivity index is 1.92. The Kier molecular flexibility index (Phi) is 7.91. The van der Waals surface area contributed by atoms with Crippen molar-refractivity contribution in [3.05, 3.63) is 81.9 Å². The van der Waals surface area contributed by atoms with Gasteiger partial charge in [-0.05, 0) is 96.2 Å². The van der Waals surface area contributed by atoms with Crippen molar-refractivity contribution in [3.63, 3.8) is 0 Å². The van der Waals surface area contributed by atoms with Crippen molar-refractivity contribution in [2.45, 2.75) is 77.9 Å². The molecule has 0 N–H and O–H groups in total. The van der Waals surface area contributed by atoms with Crippen molar-refractivity contribution in [3.8, 4) is 0 Å². The standard InChI is InChI=1S/C32H39NO6S/c1-20-13-15-23(16-14-20)40(36,37)33-18-22-17-25(29(34)38-31(3,4)5)28(30(35)39-32(6,7)8)27(26(22)19-33)24-12-10-9-11-21(24)2/h9-16,22H,17-19H2,1-8H3/t22-/m1/s1. The van der Waals surface area contributed by atoms with E-state index in [0.717, 1.165) is 22.3 Å². The van der Waals surface area contributed by atoms with Crippen LogP contribution in [0.3, 0.4) is 0 Å². The summed E-state index contributed by atoms with van der Waals surface area (Å²) in [6.45, 7) is 14.8. The van der Waals surface area contributed by atoms with Gasteiger partial charge >= 0.3 is 11.9 Å². The van der Waals surface area contributed by atoms with Gasteiger partial charge < -0.3 is 9.47 Å². The minimum Gasteiger partial charge on any atom is -0.457 e. The average molecular weight is 566 g/mol. The molecule has 1 fully saturated rings. The summed E-state index contributed by atoms with van der Waals surface area (Å²) in [6.07, 6.45) is 0.175. The van der Waals surface area contributed by atoms with Crippen molar-refractivity contribution < 1.29 is 27.5 Å². The number of fused-ring (bicyclic) bond motifs is 1. The monoisotopic (exact) mass is 565 g/mol. The van der Waals surface area contributed by atoms with Gasteiger partial charge in [-0.15, -0.1) is 0 Å². The molecule has 0 bridgehead atoms. The first-order valence-corrected chi connectivity index (χ1v) is 15.0. The molecular formula is C32H39NO6S. The number of carbonyl (C=O) groups is 2. The third-order valence-electron chi connectivity index (χ3n) is 6.91. The molecule has 4 rings (SSSR count). The number of hydrogen-bond donors (Lipinski definition) is 0. The van der Waals surface area contributed by atoms with Crippen molar-refractivity contribution in [2.24, 2.45) is 5.92 Å². The van der Waals surface area contributed by atoms with E-state index in [1.165, 1.54) is 4.31 Å². The molecule has 2 aromatic carbocycles. The van der Waals surface area contributed by atoms with Crippen LogP contribution in [0.25, 0.3) is 5.57 Å². The van der Waals surface area contributed by atoms with Crippen molar-refractivity contribution in [1.82, 2.24) is 4.31 Å². The first-order valence-electron chi connectivity index (χ1n) is 13.5. The second-order valence-corrected chi connectivity index (χ2v) is 14.5. The summed E-state index contributed by atoms with van der Waals surface area (Å²) in [5, 5.41) is 0. The maximum atomic E-state index is 13.9. The first-order chi connectivity index (χ1) is 18.5. The summed E-state index contributed by atoms with van der Waals surface area (Å²) >= 11 is 0. The van der Waals surface area contributed by atoms with Crippen LogP contribution < -0.4 is 0 Å². The number of carbonyl (C=O) groups excluding carboxylic acids is 2. The van der Waals surface area contributed by atoms with Crippen molar-refractivity contribution in [2.75, 3.05) is 13.1 Å². The van der Waals surface area contributed by atoms with Gasteiger partial charge in [-0.25, -0.2) is 18.0 Å². The van der Waals surface area contributed by atoms with Crippen LogP contribution in [-0.4, -0.2) is 49.0 Å². The van der Waals surface area contributed by atoms with E-state index in [1.807, 2.05) is 38.1 Å². The highest BCUT2D eigenvalue weighted by atomic mass is 32.2. The molecular weight excluding hydrogens is 526 g/mol. The molecule has 1 heterocycles. The van der Waals surface area contributed by atoms with Crippen LogP contribution >= 0.6 is 0 Å². The fourth-order valence-electron chi connectivity index (χ4n) is 5.15. The largest absolute Gasteiger partial charge is 0.457 e. The molecule has 0 aromatic heterocycles. The molecule has 0 amide bonds. The maximum absolute atomic E-state index is 13.9. The fraction of sp³-hybridized carbons (Fsp3) is 0.438. The molecule has 1 aliphatic carbocycles. The SMILES string of the molecule is Cc1ccc(S(=O)(=O)N2CC3=C(c4ccccc4C)C(C(=O)OC(C)(C)C)=C(C(=O)OC(C)(C)C)C[C@@H]3C2)cc1. The van der Waals surface area contributed by atoms with E-state index in [4.69, 9.17) is 9.47 Å². The lowest BCUT2D eigenvalue weighted by molar-refractivity contribution is -0.153. The van der Waals surface area contributed by atoms with Gasteiger partial charge in [-0.2, -0.15) is 4.31 Å². The molecule has 7 nitrogen and oxygen atoms in total. The predicted molar refractivity (Wildman–Crippen MR) is 155 cm³/mol. The number of ether oxygens (including phenoxy) is 2. The van der Waals surface area contributed by atoms with E-state index in [-0.39, 0.29) is 41.5 Å². The van der Waals surface area contributed by atoms with Crippen LogP contribution in [-0.2, 0) is 29.1 Å². The van der Waals surface area contributed by atoms with Crippen LogP contribution in [0.1, 0.15) is 64.7 Å². The van der Waals surface area contributed by atoms with E-state index in [9.17, 15) is 18.0 Å². The van der Waals surface area contributed by atoms with Crippen LogP contribution in [0.5, 0.6) is 0 Å². The summed E-state index contributed by atoms with van der Waals surface area (Å²) in [4.78, 5) is 27.7. The van der Waals surface area contributed by atoms with Crippen molar-refractivity contribution >= 4 is 27.5 Å². The van der Waals surface area contributed by atoms with Crippen LogP contribution in [0.4, 0.5) is 0 Å². The number of sulfonamides is 1. The Morgan fingerprint density at radius 3 is 2.00 bits per heavy atom. The van der Waals surface area contributed by atoms with Crippen molar-refractivity contribution in [1.29, 1.82) is 0 Å². The van der Waals surface area contributed by atoms with Crippen LogP contribution in [0, 0.1) is 19.8 Å². The van der Waals surface area contributed by atoms with E-state index in [0.29, 0.717) is 5.57 Å². The molecule has 0 spiro atoms. The van der Waals surface area contributed by atoms with Gasteiger partial charge in [0, 0.05) is 19.0 Å². The highest BCUT2D eigenvalue weighted by molar-refractivity contribution is 7.89. The summed E-state index contributed by atoms with van der Waals surface area (Å²) in [5.74, 6) is -1.53. The number of rotatable bonds is 5. The van der Waals surface area contributed by atoms with E-state index in [2.05, 4.69) is 0 Å². The molecule has 1 aliphatic heterocycles. The Hall–Kier alpha value is -3.23. The zero-order valence-corrected chi connectivity index (χ0v) is 25.4. The Morgan fingerprint density at radius 2 is 1.43 bits per heavy atom. The van der Waals surface area contributed by atoms with E-state index >= 15 is 0 Å². The Morgan fingerprint density at radius 1 is 0.850 bits per heavy atom. The molecule has 0 unspecified atom stereocenters. The highest BCUT2D eigenvalue weighted by Gasteiger charge is 2.45. The zero-order valence-electron chi connectivity index (χ0n) is 24.6. The number of esters is 2. The first kappa shape index (κ1) is 29.7. The third kappa shape index (κ3) is 6.23. The molecule has 214 valence electrons. The number of aryl methyl sites for hydroxylation is 2. The lowest BCUT2D eigenvalue weighted by Crippen LogP contribution is -2.32. The summed E-state index contributed by atoms with van der Waals surface area (Å²) < 4.78 is 40.5. The third-order valence-corrected chi connectivity index (χ3v) is 8.73. The Labute approximate surface area is 237 Å². The predicted octanol–water partition coefficient (Wildman–Crippen LogP) is 5.76. The van der Waals surface area contributed by atoms with Gasteiger partial charge in [0.15, 0.2) is 0 Å². The molecule has 0 saturated carbocycles. The molecule has 8 heteroatoms. The quantitative estimate of drug-likeness (QED) is 0.428. The molecule has 1 atom stereocenters. The zero-order chi connectivity index (χ0) is 29.6. The second kappa shape index (κ2) is 10.6. The maximum Gasteiger partial charge on any atom is 0.339 e. The van der Waals surface area contributed by atoms with Gasteiger partial charge in [-0.1, -0.05) is 42.0 Å².